The van der Waals surface area contributed by atoms with Gasteiger partial charge in [-0.3, -0.25) is 9.69 Å². The van der Waals surface area contributed by atoms with E-state index in [0.717, 1.165) is 12.2 Å². The lowest BCUT2D eigenvalue weighted by Crippen LogP contribution is -2.50. The van der Waals surface area contributed by atoms with E-state index in [1.807, 2.05) is 20.8 Å². The second kappa shape index (κ2) is 4.20. The summed E-state index contributed by atoms with van der Waals surface area (Å²) in [6, 6.07) is 1.28. The van der Waals surface area contributed by atoms with Gasteiger partial charge in [0.1, 0.15) is 0 Å². The molecule has 0 unspecified atom stereocenters. The van der Waals surface area contributed by atoms with E-state index in [1.54, 1.807) is 0 Å². The van der Waals surface area contributed by atoms with Crippen LogP contribution in [0.3, 0.4) is 0 Å². The third-order valence-corrected chi connectivity index (χ3v) is 6.31. The summed E-state index contributed by atoms with van der Waals surface area (Å²) in [5.74, 6) is 0.422. The molecule has 0 saturated carbocycles. The Labute approximate surface area is 108 Å². The Balaban J connectivity index is 3.01. The second-order valence-electron chi connectivity index (χ2n) is 8.30. The minimum absolute atomic E-state index is 0.104. The molecule has 1 rings (SSSR count). The van der Waals surface area contributed by atoms with E-state index in [-0.39, 0.29) is 17.0 Å². The van der Waals surface area contributed by atoms with Crippen LogP contribution in [0.5, 0.6) is 0 Å². The lowest BCUT2D eigenvalue weighted by atomic mass is 9.85. The number of rotatable bonds is 1. The molecule has 1 fully saturated rings. The van der Waals surface area contributed by atoms with Gasteiger partial charge in [-0.25, -0.2) is 0 Å². The van der Waals surface area contributed by atoms with Crippen molar-refractivity contribution < 1.29 is 4.79 Å². The van der Waals surface area contributed by atoms with Crippen molar-refractivity contribution in [2.75, 3.05) is 6.17 Å². The van der Waals surface area contributed by atoms with Gasteiger partial charge >= 0.3 is 0 Å². The first kappa shape index (κ1) is 14.9. The maximum atomic E-state index is 12.6. The van der Waals surface area contributed by atoms with Gasteiger partial charge in [-0.1, -0.05) is 33.9 Å². The Morgan fingerprint density at radius 3 is 1.94 bits per heavy atom. The minimum Gasteiger partial charge on any atom is -0.297 e. The molecule has 0 bridgehead atoms. The summed E-state index contributed by atoms with van der Waals surface area (Å²) in [4.78, 5) is 15.0. The number of ketones is 1. The lowest BCUT2D eigenvalue weighted by Gasteiger charge is -2.38. The second-order valence-corrected chi connectivity index (χ2v) is 13.4. The van der Waals surface area contributed by atoms with Crippen LogP contribution in [-0.2, 0) is 4.79 Å². The maximum absolute atomic E-state index is 12.6. The molecule has 1 aliphatic heterocycles. The van der Waals surface area contributed by atoms with Crippen LogP contribution in [0.4, 0.5) is 0 Å². The van der Waals surface area contributed by atoms with Crippen LogP contribution >= 0.6 is 0 Å². The molecule has 1 atom stereocenters. The predicted octanol–water partition coefficient (Wildman–Crippen LogP) is 3.33. The maximum Gasteiger partial charge on any atom is 0.154 e. The molecular formula is C14H29NOSi. The van der Waals surface area contributed by atoms with Crippen molar-refractivity contribution in [3.8, 4) is 0 Å². The third-order valence-electron chi connectivity index (χ3n) is 3.62. The molecule has 0 spiro atoms. The average Bonchev–Trinajstić information content (AvgIpc) is 2.37. The monoisotopic (exact) mass is 255 g/mol. The third kappa shape index (κ3) is 3.41. The van der Waals surface area contributed by atoms with Crippen molar-refractivity contribution in [1.82, 2.24) is 4.90 Å². The van der Waals surface area contributed by atoms with E-state index in [1.165, 1.54) is 0 Å². The quantitative estimate of drug-likeness (QED) is 0.670. The highest BCUT2D eigenvalue weighted by molar-refractivity contribution is 6.78. The molecule has 0 amide bonds. The van der Waals surface area contributed by atoms with Crippen molar-refractivity contribution >= 4 is 13.9 Å². The molecule has 0 aromatic heterocycles. The summed E-state index contributed by atoms with van der Waals surface area (Å²) in [7, 11) is -1.21. The Morgan fingerprint density at radius 2 is 1.59 bits per heavy atom. The van der Waals surface area contributed by atoms with E-state index in [4.69, 9.17) is 0 Å². The van der Waals surface area contributed by atoms with E-state index in [2.05, 4.69) is 38.8 Å². The van der Waals surface area contributed by atoms with Gasteiger partial charge in [0.25, 0.3) is 0 Å². The van der Waals surface area contributed by atoms with Crippen molar-refractivity contribution in [2.24, 2.45) is 5.41 Å². The molecule has 17 heavy (non-hydrogen) atoms. The van der Waals surface area contributed by atoms with Gasteiger partial charge in [-0.05, 0) is 33.0 Å². The lowest BCUT2D eigenvalue weighted by molar-refractivity contribution is -0.132. The highest BCUT2D eigenvalue weighted by Crippen LogP contribution is 2.36. The summed E-state index contributed by atoms with van der Waals surface area (Å²) in [6.07, 6.45) is 1.16. The van der Waals surface area contributed by atoms with Gasteiger partial charge in [0.15, 0.2) is 5.78 Å². The molecule has 0 radical (unpaired) electrons. The number of carbonyl (C=O) groups excluding carboxylic acids is 1. The van der Waals surface area contributed by atoms with Crippen LogP contribution < -0.4 is 0 Å². The first-order valence-electron chi connectivity index (χ1n) is 6.66. The SMILES string of the molecule is CC(C)(C)C(=O)[C@@H]1C[Si](C)(C)CN1C(C)(C)C. The van der Waals surface area contributed by atoms with E-state index in [9.17, 15) is 4.79 Å². The zero-order valence-corrected chi connectivity index (χ0v) is 13.8. The average molecular weight is 255 g/mol. The fraction of sp³-hybridized carbons (Fsp3) is 0.929. The fourth-order valence-electron chi connectivity index (χ4n) is 2.71. The van der Waals surface area contributed by atoms with Crippen LogP contribution in [0, 0.1) is 5.41 Å². The van der Waals surface area contributed by atoms with E-state index in [0.29, 0.717) is 5.78 Å². The minimum atomic E-state index is -1.21. The molecule has 2 nitrogen and oxygen atoms in total. The summed E-state index contributed by atoms with van der Waals surface area (Å²) in [5, 5.41) is 0. The van der Waals surface area contributed by atoms with Crippen LogP contribution in [-0.4, -0.2) is 36.5 Å². The number of hydrogen-bond acceptors (Lipinski definition) is 2. The number of nitrogens with zero attached hydrogens (tertiary/aromatic N) is 1. The Kier molecular flexibility index (Phi) is 3.68. The van der Waals surface area contributed by atoms with Crippen molar-refractivity contribution in [2.45, 2.75) is 72.3 Å². The number of hydrogen-bond donors (Lipinski definition) is 0. The molecular weight excluding hydrogens is 226 g/mol. The first-order valence-corrected chi connectivity index (χ1v) is 10.1. The molecule has 0 N–H and O–H groups in total. The summed E-state index contributed by atoms with van der Waals surface area (Å²) < 4.78 is 0. The van der Waals surface area contributed by atoms with Gasteiger partial charge in [-0.15, -0.1) is 0 Å². The van der Waals surface area contributed by atoms with E-state index >= 15 is 0 Å². The molecule has 100 valence electrons. The highest BCUT2D eigenvalue weighted by Gasteiger charge is 2.48. The van der Waals surface area contributed by atoms with Gasteiger partial charge < -0.3 is 0 Å². The normalized spacial score (nSPS) is 26.2. The van der Waals surface area contributed by atoms with E-state index < -0.39 is 8.07 Å². The molecule has 0 aliphatic carbocycles. The Hall–Kier alpha value is -0.153. The smallest absolute Gasteiger partial charge is 0.154 e. The highest BCUT2D eigenvalue weighted by atomic mass is 28.3. The van der Waals surface area contributed by atoms with Gasteiger partial charge in [0, 0.05) is 11.0 Å². The molecule has 3 heteroatoms. The van der Waals surface area contributed by atoms with Gasteiger partial charge in [0.05, 0.1) is 14.1 Å². The fourth-order valence-corrected chi connectivity index (χ4v) is 5.91. The van der Waals surface area contributed by atoms with Crippen molar-refractivity contribution in [3.63, 3.8) is 0 Å². The van der Waals surface area contributed by atoms with Gasteiger partial charge in [0.2, 0.25) is 0 Å². The Bertz CT molecular complexity index is 309. The molecule has 0 aromatic rings. The van der Waals surface area contributed by atoms with Crippen molar-refractivity contribution in [3.05, 3.63) is 0 Å². The zero-order valence-electron chi connectivity index (χ0n) is 12.8. The summed E-state index contributed by atoms with van der Waals surface area (Å²) >= 11 is 0. The van der Waals surface area contributed by atoms with Crippen LogP contribution in [0.15, 0.2) is 0 Å². The largest absolute Gasteiger partial charge is 0.297 e. The Morgan fingerprint density at radius 1 is 1.12 bits per heavy atom. The van der Waals surface area contributed by atoms with Crippen LogP contribution in [0.2, 0.25) is 19.1 Å². The van der Waals surface area contributed by atoms with Crippen LogP contribution in [0.1, 0.15) is 41.5 Å². The molecule has 0 aromatic carbocycles. The molecule has 1 saturated heterocycles. The topological polar surface area (TPSA) is 20.3 Å². The summed E-state index contributed by atoms with van der Waals surface area (Å²) in [6.45, 7) is 17.6. The van der Waals surface area contributed by atoms with Crippen LogP contribution in [0.25, 0.3) is 0 Å². The predicted molar refractivity (Wildman–Crippen MR) is 77.0 cm³/mol. The van der Waals surface area contributed by atoms with Crippen molar-refractivity contribution in [1.29, 1.82) is 0 Å². The molecule has 1 aliphatic rings. The summed E-state index contributed by atoms with van der Waals surface area (Å²) in [5.41, 5.74) is -0.116. The zero-order chi connectivity index (χ0) is 13.6. The number of Topliss-reactive ketones (excluding diaryl/α,β-unsaturated/α-hetero) is 1. The number of carbonyl (C=O) groups is 1. The van der Waals surface area contributed by atoms with Gasteiger partial charge in [-0.2, -0.15) is 0 Å². The first-order chi connectivity index (χ1) is 7.34. The molecule has 1 heterocycles. The standard InChI is InChI=1S/C14H29NOSi/c1-13(2,3)12(16)11-9-17(7,8)10-15(11)14(4,5)6/h11H,9-10H2,1-8H3/t11-/m0/s1.